The maximum Gasteiger partial charge on any atom is 0.220 e. The van der Waals surface area contributed by atoms with Crippen LogP contribution in [0.5, 0.6) is 0 Å². The predicted molar refractivity (Wildman–Crippen MR) is 50.2 cm³/mol. The van der Waals surface area contributed by atoms with Crippen LogP contribution in [0.25, 0.3) is 0 Å². The van der Waals surface area contributed by atoms with Gasteiger partial charge in [0.1, 0.15) is 0 Å². The summed E-state index contributed by atoms with van der Waals surface area (Å²) in [5, 5.41) is 6.38. The molecule has 1 atom stereocenters. The van der Waals surface area contributed by atoms with E-state index in [-0.39, 0.29) is 5.91 Å². The molecule has 0 bridgehead atoms. The van der Waals surface area contributed by atoms with Crippen molar-refractivity contribution in [2.45, 2.75) is 43.8 Å². The van der Waals surface area contributed by atoms with Gasteiger partial charge in [0.25, 0.3) is 0 Å². The van der Waals surface area contributed by atoms with E-state index in [0.717, 1.165) is 25.8 Å². The minimum Gasteiger partial charge on any atom is -0.355 e. The lowest BCUT2D eigenvalue weighted by Gasteiger charge is -2.37. The van der Waals surface area contributed by atoms with Gasteiger partial charge in [-0.1, -0.05) is 0 Å². The van der Waals surface area contributed by atoms with Crippen LogP contribution in [-0.4, -0.2) is 30.6 Å². The molecule has 0 aromatic rings. The Bertz CT molecular complexity index is 191. The number of hydrogen-bond donors (Lipinski definition) is 3. The van der Waals surface area contributed by atoms with Crippen LogP contribution in [0.1, 0.15) is 25.7 Å². The van der Waals surface area contributed by atoms with Crippen LogP contribution >= 0.6 is 0 Å². The molecule has 0 aromatic carbocycles. The average molecular weight is 183 g/mol. The number of rotatable bonds is 2. The molecule has 13 heavy (non-hydrogen) atoms. The molecule has 4 nitrogen and oxygen atoms in total. The Balaban J connectivity index is 1.68. The SMILES string of the molecule is NC1CC(NC2CCC(=O)NC2)C1. The molecule has 0 aromatic heterocycles. The first-order chi connectivity index (χ1) is 6.24. The van der Waals surface area contributed by atoms with Crippen LogP contribution in [0, 0.1) is 0 Å². The van der Waals surface area contributed by atoms with Crippen molar-refractivity contribution in [1.82, 2.24) is 10.6 Å². The monoisotopic (exact) mass is 183 g/mol. The number of amides is 1. The number of carbonyl (C=O) groups excluding carboxylic acids is 1. The Labute approximate surface area is 78.2 Å². The minimum atomic E-state index is 0.184. The molecule has 2 rings (SSSR count). The third-order valence-electron chi connectivity index (χ3n) is 2.91. The highest BCUT2D eigenvalue weighted by Crippen LogP contribution is 2.19. The Morgan fingerprint density at radius 1 is 1.38 bits per heavy atom. The second-order valence-corrected chi connectivity index (χ2v) is 4.13. The van der Waals surface area contributed by atoms with E-state index in [1.54, 1.807) is 0 Å². The Morgan fingerprint density at radius 3 is 2.69 bits per heavy atom. The quantitative estimate of drug-likeness (QED) is 0.532. The van der Waals surface area contributed by atoms with Gasteiger partial charge in [0, 0.05) is 31.1 Å². The van der Waals surface area contributed by atoms with E-state index in [4.69, 9.17) is 5.73 Å². The molecule has 0 radical (unpaired) electrons. The number of nitrogens with two attached hydrogens (primary N) is 1. The Morgan fingerprint density at radius 2 is 2.15 bits per heavy atom. The number of nitrogens with one attached hydrogen (secondary N) is 2. The Kier molecular flexibility index (Phi) is 2.51. The molecule has 74 valence electrons. The molecule has 1 amide bonds. The fraction of sp³-hybridized carbons (Fsp3) is 0.889. The summed E-state index contributed by atoms with van der Waals surface area (Å²) in [6, 6.07) is 1.46. The van der Waals surface area contributed by atoms with Crippen molar-refractivity contribution < 1.29 is 4.79 Å². The highest BCUT2D eigenvalue weighted by molar-refractivity contribution is 5.76. The van der Waals surface area contributed by atoms with Gasteiger partial charge in [-0.05, 0) is 19.3 Å². The van der Waals surface area contributed by atoms with Crippen LogP contribution in [0.4, 0.5) is 0 Å². The third kappa shape index (κ3) is 2.19. The second-order valence-electron chi connectivity index (χ2n) is 4.13. The van der Waals surface area contributed by atoms with Gasteiger partial charge in [-0.2, -0.15) is 0 Å². The second kappa shape index (κ2) is 3.64. The predicted octanol–water partition coefficient (Wildman–Crippen LogP) is -0.656. The van der Waals surface area contributed by atoms with E-state index >= 15 is 0 Å². The van der Waals surface area contributed by atoms with Crippen LogP contribution in [0.15, 0.2) is 0 Å². The lowest BCUT2D eigenvalue weighted by atomic mass is 9.86. The van der Waals surface area contributed by atoms with E-state index < -0.39 is 0 Å². The van der Waals surface area contributed by atoms with Crippen molar-refractivity contribution in [3.63, 3.8) is 0 Å². The lowest BCUT2D eigenvalue weighted by Crippen LogP contribution is -2.55. The van der Waals surface area contributed by atoms with E-state index in [0.29, 0.717) is 24.5 Å². The smallest absolute Gasteiger partial charge is 0.220 e. The van der Waals surface area contributed by atoms with Gasteiger partial charge in [-0.25, -0.2) is 0 Å². The zero-order valence-electron chi connectivity index (χ0n) is 7.75. The minimum absolute atomic E-state index is 0.184. The first-order valence-corrected chi connectivity index (χ1v) is 5.02. The van der Waals surface area contributed by atoms with Gasteiger partial charge in [0.05, 0.1) is 0 Å². The highest BCUT2D eigenvalue weighted by atomic mass is 16.1. The molecular weight excluding hydrogens is 166 g/mol. The van der Waals surface area contributed by atoms with Crippen molar-refractivity contribution in [3.05, 3.63) is 0 Å². The summed E-state index contributed by atoms with van der Waals surface area (Å²) >= 11 is 0. The van der Waals surface area contributed by atoms with Gasteiger partial charge < -0.3 is 16.4 Å². The maximum absolute atomic E-state index is 10.9. The summed E-state index contributed by atoms with van der Waals surface area (Å²) in [7, 11) is 0. The summed E-state index contributed by atoms with van der Waals surface area (Å²) in [5.41, 5.74) is 5.69. The topological polar surface area (TPSA) is 67.1 Å². The zero-order chi connectivity index (χ0) is 9.26. The lowest BCUT2D eigenvalue weighted by molar-refractivity contribution is -0.122. The molecular formula is C9H17N3O. The third-order valence-corrected chi connectivity index (χ3v) is 2.91. The number of piperidine rings is 1. The van der Waals surface area contributed by atoms with E-state index in [2.05, 4.69) is 10.6 Å². The van der Waals surface area contributed by atoms with Crippen LogP contribution < -0.4 is 16.4 Å². The van der Waals surface area contributed by atoms with Gasteiger partial charge in [-0.15, -0.1) is 0 Å². The molecule has 1 saturated carbocycles. The van der Waals surface area contributed by atoms with Crippen LogP contribution in [-0.2, 0) is 4.79 Å². The summed E-state index contributed by atoms with van der Waals surface area (Å²) in [6.45, 7) is 0.782. The molecule has 1 aliphatic carbocycles. The summed E-state index contributed by atoms with van der Waals surface area (Å²) < 4.78 is 0. The summed E-state index contributed by atoms with van der Waals surface area (Å²) in [5.74, 6) is 0.184. The largest absolute Gasteiger partial charge is 0.355 e. The fourth-order valence-electron chi connectivity index (χ4n) is 2.01. The average Bonchev–Trinajstić information content (AvgIpc) is 2.06. The highest BCUT2D eigenvalue weighted by Gasteiger charge is 2.28. The van der Waals surface area contributed by atoms with Gasteiger partial charge in [0.2, 0.25) is 5.91 Å². The first kappa shape index (κ1) is 8.97. The maximum atomic E-state index is 10.9. The Hall–Kier alpha value is -0.610. The van der Waals surface area contributed by atoms with Crippen LogP contribution in [0.2, 0.25) is 0 Å². The van der Waals surface area contributed by atoms with Crippen LogP contribution in [0.3, 0.4) is 0 Å². The fourth-order valence-corrected chi connectivity index (χ4v) is 2.01. The first-order valence-electron chi connectivity index (χ1n) is 5.02. The normalized spacial score (nSPS) is 39.5. The molecule has 2 aliphatic rings. The van der Waals surface area contributed by atoms with Gasteiger partial charge in [0.15, 0.2) is 0 Å². The molecule has 2 fully saturated rings. The molecule has 1 unspecified atom stereocenters. The van der Waals surface area contributed by atoms with Crippen molar-refractivity contribution >= 4 is 5.91 Å². The number of hydrogen-bond acceptors (Lipinski definition) is 3. The van der Waals surface area contributed by atoms with E-state index in [1.165, 1.54) is 0 Å². The summed E-state index contributed by atoms with van der Waals surface area (Å²) in [6.07, 6.45) is 3.81. The molecule has 1 saturated heterocycles. The zero-order valence-corrected chi connectivity index (χ0v) is 7.75. The standard InChI is InChI=1S/C9H17N3O/c10-6-3-8(4-6)12-7-1-2-9(13)11-5-7/h6-8,12H,1-5,10H2,(H,11,13). The molecule has 4 heteroatoms. The number of carbonyl (C=O) groups is 1. The van der Waals surface area contributed by atoms with Gasteiger partial charge in [-0.3, -0.25) is 4.79 Å². The van der Waals surface area contributed by atoms with Crippen molar-refractivity contribution in [2.75, 3.05) is 6.54 Å². The van der Waals surface area contributed by atoms with Crippen molar-refractivity contribution in [2.24, 2.45) is 5.73 Å². The summed E-state index contributed by atoms with van der Waals surface area (Å²) in [4.78, 5) is 10.9. The molecule has 1 heterocycles. The van der Waals surface area contributed by atoms with Crippen molar-refractivity contribution in [1.29, 1.82) is 0 Å². The molecule has 0 spiro atoms. The molecule has 4 N–H and O–H groups in total. The van der Waals surface area contributed by atoms with Gasteiger partial charge >= 0.3 is 0 Å². The van der Waals surface area contributed by atoms with E-state index in [9.17, 15) is 4.79 Å². The van der Waals surface area contributed by atoms with Crippen molar-refractivity contribution in [3.8, 4) is 0 Å². The van der Waals surface area contributed by atoms with E-state index in [1.807, 2.05) is 0 Å². The molecule has 1 aliphatic heterocycles.